The predicted octanol–water partition coefficient (Wildman–Crippen LogP) is 1.62. The van der Waals surface area contributed by atoms with Gasteiger partial charge in [0.25, 0.3) is 5.91 Å². The van der Waals surface area contributed by atoms with E-state index in [4.69, 9.17) is 10.5 Å². The Kier molecular flexibility index (Phi) is 3.51. The molecule has 0 fully saturated rings. The molecular formula is C11H14NO2. The van der Waals surface area contributed by atoms with Crippen LogP contribution in [0.25, 0.3) is 0 Å². The number of primary amides is 1. The number of hydrogen-bond acceptors (Lipinski definition) is 2. The first-order valence-corrected chi connectivity index (χ1v) is 4.54. The fraction of sp³-hybridized carbons (Fsp3) is 0.364. The SMILES string of the molecule is CC(C)COc1c[c]ccc1C(N)=O. The van der Waals surface area contributed by atoms with Crippen LogP contribution in [0.1, 0.15) is 24.2 Å². The van der Waals surface area contributed by atoms with Crippen molar-refractivity contribution in [2.75, 3.05) is 6.61 Å². The number of amides is 1. The van der Waals surface area contributed by atoms with E-state index >= 15 is 0 Å². The average Bonchev–Trinajstić information content (AvgIpc) is 2.15. The molecule has 1 rings (SSSR count). The molecule has 1 amide bonds. The van der Waals surface area contributed by atoms with Gasteiger partial charge in [-0.2, -0.15) is 0 Å². The van der Waals surface area contributed by atoms with Crippen LogP contribution >= 0.6 is 0 Å². The molecule has 0 aliphatic carbocycles. The summed E-state index contributed by atoms with van der Waals surface area (Å²) in [6.45, 7) is 4.64. The molecule has 0 atom stereocenters. The molecule has 0 bridgehead atoms. The minimum atomic E-state index is -0.474. The van der Waals surface area contributed by atoms with Crippen LogP contribution in [0.4, 0.5) is 0 Å². The minimum Gasteiger partial charge on any atom is -0.492 e. The van der Waals surface area contributed by atoms with Crippen LogP contribution in [-0.4, -0.2) is 12.5 Å². The lowest BCUT2D eigenvalue weighted by atomic mass is 10.2. The summed E-state index contributed by atoms with van der Waals surface area (Å²) in [4.78, 5) is 11.0. The standard InChI is InChI=1S/C11H14NO2/c1-8(2)7-14-10-6-4-3-5-9(10)11(12)13/h3,5-6,8H,7H2,1-2H3,(H2,12,13). The molecule has 0 aliphatic heterocycles. The van der Waals surface area contributed by atoms with Gasteiger partial charge in [-0.25, -0.2) is 0 Å². The highest BCUT2D eigenvalue weighted by molar-refractivity contribution is 5.95. The fourth-order valence-electron chi connectivity index (χ4n) is 0.995. The number of ether oxygens (including phenoxy) is 1. The summed E-state index contributed by atoms with van der Waals surface area (Å²) >= 11 is 0. The third-order valence-electron chi connectivity index (χ3n) is 1.66. The fourth-order valence-corrected chi connectivity index (χ4v) is 0.995. The molecule has 0 saturated heterocycles. The molecule has 0 heterocycles. The van der Waals surface area contributed by atoms with E-state index in [0.29, 0.717) is 23.8 Å². The molecule has 0 aliphatic rings. The van der Waals surface area contributed by atoms with E-state index in [9.17, 15) is 4.79 Å². The average molecular weight is 192 g/mol. The maximum Gasteiger partial charge on any atom is 0.252 e. The molecule has 0 unspecified atom stereocenters. The van der Waals surface area contributed by atoms with Gasteiger partial charge < -0.3 is 10.5 Å². The van der Waals surface area contributed by atoms with E-state index in [1.807, 2.05) is 13.8 Å². The Labute approximate surface area is 83.9 Å². The van der Waals surface area contributed by atoms with Crippen molar-refractivity contribution in [3.05, 3.63) is 29.8 Å². The molecule has 2 N–H and O–H groups in total. The monoisotopic (exact) mass is 192 g/mol. The van der Waals surface area contributed by atoms with Gasteiger partial charge in [0, 0.05) is 0 Å². The van der Waals surface area contributed by atoms with E-state index in [1.165, 1.54) is 0 Å². The van der Waals surface area contributed by atoms with E-state index in [0.717, 1.165) is 0 Å². The minimum absolute atomic E-state index is 0.407. The summed E-state index contributed by atoms with van der Waals surface area (Å²) in [5, 5.41) is 0. The van der Waals surface area contributed by atoms with Crippen molar-refractivity contribution in [3.8, 4) is 5.75 Å². The lowest BCUT2D eigenvalue weighted by Gasteiger charge is -2.10. The highest BCUT2D eigenvalue weighted by Crippen LogP contribution is 2.17. The van der Waals surface area contributed by atoms with Gasteiger partial charge in [-0.3, -0.25) is 4.79 Å². The van der Waals surface area contributed by atoms with Gasteiger partial charge in [-0.1, -0.05) is 19.9 Å². The van der Waals surface area contributed by atoms with Crippen molar-refractivity contribution in [3.63, 3.8) is 0 Å². The maximum atomic E-state index is 11.0. The van der Waals surface area contributed by atoms with Crippen LogP contribution in [-0.2, 0) is 0 Å². The number of benzene rings is 1. The summed E-state index contributed by atoms with van der Waals surface area (Å²) in [5.74, 6) is 0.447. The largest absolute Gasteiger partial charge is 0.492 e. The van der Waals surface area contributed by atoms with Crippen molar-refractivity contribution < 1.29 is 9.53 Å². The van der Waals surface area contributed by atoms with Gasteiger partial charge in [0.05, 0.1) is 12.2 Å². The lowest BCUT2D eigenvalue weighted by molar-refractivity contribution is 0.0995. The van der Waals surface area contributed by atoms with E-state index in [1.54, 1.807) is 18.2 Å². The van der Waals surface area contributed by atoms with Gasteiger partial charge in [0.2, 0.25) is 0 Å². The third kappa shape index (κ3) is 2.76. The first-order valence-electron chi connectivity index (χ1n) is 4.54. The summed E-state index contributed by atoms with van der Waals surface area (Å²) in [5.41, 5.74) is 5.59. The molecule has 75 valence electrons. The van der Waals surface area contributed by atoms with E-state index in [2.05, 4.69) is 6.07 Å². The first kappa shape index (κ1) is 10.6. The van der Waals surface area contributed by atoms with Crippen LogP contribution < -0.4 is 10.5 Å². The number of carbonyl (C=O) groups is 1. The quantitative estimate of drug-likeness (QED) is 0.788. The smallest absolute Gasteiger partial charge is 0.252 e. The Morgan fingerprint density at radius 3 is 2.93 bits per heavy atom. The highest BCUT2D eigenvalue weighted by atomic mass is 16.5. The Morgan fingerprint density at radius 1 is 1.64 bits per heavy atom. The van der Waals surface area contributed by atoms with Crippen LogP contribution in [0.15, 0.2) is 18.2 Å². The summed E-state index contributed by atoms with van der Waals surface area (Å²) in [6.07, 6.45) is 0. The van der Waals surface area contributed by atoms with Gasteiger partial charge in [-0.05, 0) is 24.1 Å². The van der Waals surface area contributed by atoms with Crippen molar-refractivity contribution >= 4 is 5.91 Å². The van der Waals surface area contributed by atoms with Crippen LogP contribution in [0.2, 0.25) is 0 Å². The van der Waals surface area contributed by atoms with Crippen LogP contribution in [0.3, 0.4) is 0 Å². The number of hydrogen-bond donors (Lipinski definition) is 1. The zero-order valence-electron chi connectivity index (χ0n) is 8.41. The molecule has 14 heavy (non-hydrogen) atoms. The highest BCUT2D eigenvalue weighted by Gasteiger charge is 2.08. The van der Waals surface area contributed by atoms with E-state index < -0.39 is 5.91 Å². The van der Waals surface area contributed by atoms with Gasteiger partial charge in [-0.15, -0.1) is 0 Å². The number of nitrogens with two attached hydrogens (primary N) is 1. The van der Waals surface area contributed by atoms with Gasteiger partial charge >= 0.3 is 0 Å². The Morgan fingerprint density at radius 2 is 2.36 bits per heavy atom. The zero-order valence-corrected chi connectivity index (χ0v) is 8.41. The molecule has 1 radical (unpaired) electrons. The predicted molar refractivity (Wildman–Crippen MR) is 54.1 cm³/mol. The molecule has 3 heteroatoms. The van der Waals surface area contributed by atoms with E-state index in [-0.39, 0.29) is 0 Å². The van der Waals surface area contributed by atoms with Crippen molar-refractivity contribution in [2.24, 2.45) is 11.7 Å². The first-order chi connectivity index (χ1) is 6.61. The Balaban J connectivity index is 2.79. The Hall–Kier alpha value is -1.51. The molecule has 0 aromatic heterocycles. The van der Waals surface area contributed by atoms with Gasteiger partial charge in [0.15, 0.2) is 0 Å². The zero-order chi connectivity index (χ0) is 10.6. The summed E-state index contributed by atoms with van der Waals surface area (Å²) in [6, 6.07) is 7.72. The van der Waals surface area contributed by atoms with Gasteiger partial charge in [0.1, 0.15) is 5.75 Å². The molecule has 0 saturated carbocycles. The van der Waals surface area contributed by atoms with Crippen molar-refractivity contribution in [1.82, 2.24) is 0 Å². The summed E-state index contributed by atoms with van der Waals surface area (Å²) < 4.78 is 5.43. The second-order valence-corrected chi connectivity index (χ2v) is 3.49. The van der Waals surface area contributed by atoms with Crippen molar-refractivity contribution in [1.29, 1.82) is 0 Å². The third-order valence-corrected chi connectivity index (χ3v) is 1.66. The molecule has 3 nitrogen and oxygen atoms in total. The van der Waals surface area contributed by atoms with Crippen molar-refractivity contribution in [2.45, 2.75) is 13.8 Å². The molecular weight excluding hydrogens is 178 g/mol. The second-order valence-electron chi connectivity index (χ2n) is 3.49. The number of rotatable bonds is 4. The normalized spacial score (nSPS) is 10.2. The Bertz CT molecular complexity index is 321. The summed E-state index contributed by atoms with van der Waals surface area (Å²) in [7, 11) is 0. The van der Waals surface area contributed by atoms with Crippen LogP contribution in [0, 0.1) is 12.0 Å². The molecule has 0 spiro atoms. The topological polar surface area (TPSA) is 52.3 Å². The lowest BCUT2D eigenvalue weighted by Crippen LogP contribution is -2.14. The maximum absolute atomic E-state index is 11.0. The molecule has 1 aromatic carbocycles. The second kappa shape index (κ2) is 4.65. The van der Waals surface area contributed by atoms with Crippen LogP contribution in [0.5, 0.6) is 5.75 Å². The molecule has 1 aromatic rings. The number of carbonyl (C=O) groups excluding carboxylic acids is 1.